The second kappa shape index (κ2) is 12.6. The fraction of sp³-hybridized carbons (Fsp3) is 0.531. The first-order valence-corrected chi connectivity index (χ1v) is 16.8. The first kappa shape index (κ1) is 30.9. The number of hydrogen-bond donors (Lipinski definition) is 3. The van der Waals surface area contributed by atoms with Crippen LogP contribution in [0.4, 0.5) is 17.1 Å². The predicted octanol–water partition coefficient (Wildman–Crippen LogP) is 4.98. The zero-order valence-corrected chi connectivity index (χ0v) is 27.0. The molecule has 3 aliphatic rings. The van der Waals surface area contributed by atoms with Crippen LogP contribution < -0.4 is 15.5 Å². The molecule has 3 aliphatic heterocycles. The summed E-state index contributed by atoms with van der Waals surface area (Å²) in [6, 6.07) is 15.7. The molecule has 10 heteroatoms. The number of alkyl halides is 1. The molecule has 3 N–H and O–H groups in total. The number of halogens is 1. The number of nitrogens with zero attached hydrogens (tertiary/aromatic N) is 2. The normalized spacial score (nSPS) is 29.2. The Hall–Kier alpha value is -2.56. The minimum absolute atomic E-state index is 0.0298. The maximum Gasteiger partial charge on any atom is 0.248 e. The molecular formula is C32H41BrN4O4S. The molecular weight excluding hydrogens is 616 g/mol. The lowest BCUT2D eigenvalue weighted by molar-refractivity contribution is -0.142. The SMILES string of the molecule is CC[C@H](C)[C@H](CO)N1C(=O)[C@@H]2[C@@H](C(=O)Nc3ccccc3)[C@@H]3SC2(CC3Br)C1C(=O)Nc1ccc(N(CC)CC)cc1. The van der Waals surface area contributed by atoms with Crippen molar-refractivity contribution in [2.24, 2.45) is 17.8 Å². The van der Waals surface area contributed by atoms with Crippen molar-refractivity contribution in [3.8, 4) is 0 Å². The van der Waals surface area contributed by atoms with Gasteiger partial charge in [-0.05, 0) is 62.6 Å². The van der Waals surface area contributed by atoms with Gasteiger partial charge >= 0.3 is 0 Å². The number of likely N-dealkylation sites (tertiary alicyclic amines) is 1. The number of aliphatic hydroxyl groups excluding tert-OH is 1. The lowest BCUT2D eigenvalue weighted by Gasteiger charge is -2.39. The van der Waals surface area contributed by atoms with E-state index in [2.05, 4.69) is 45.3 Å². The van der Waals surface area contributed by atoms with Gasteiger partial charge in [0.15, 0.2) is 0 Å². The number of benzene rings is 2. The van der Waals surface area contributed by atoms with E-state index in [1.165, 1.54) is 0 Å². The van der Waals surface area contributed by atoms with Crippen molar-refractivity contribution in [1.82, 2.24) is 4.90 Å². The van der Waals surface area contributed by atoms with Crippen molar-refractivity contribution in [2.75, 3.05) is 35.2 Å². The molecule has 226 valence electrons. The number of anilines is 3. The Morgan fingerprint density at radius 3 is 2.26 bits per heavy atom. The van der Waals surface area contributed by atoms with Gasteiger partial charge in [-0.3, -0.25) is 14.4 Å². The molecule has 2 bridgehead atoms. The lowest BCUT2D eigenvalue weighted by Crippen LogP contribution is -2.56. The molecule has 3 saturated heterocycles. The molecule has 3 unspecified atom stereocenters. The van der Waals surface area contributed by atoms with E-state index in [-0.39, 0.29) is 40.3 Å². The standard InChI is InChI=1S/C32H41BrN4O4S/c1-5-19(4)24(18-38)37-28(30(40)35-21-13-15-22(16-14-21)36(6-2)7-3)32-17-23(33)27(42-32)25(26(32)31(37)41)29(39)34-20-11-9-8-10-12-20/h8-16,19,23-28,38H,5-7,17-18H2,1-4H3,(H,34,39)(H,35,40)/t19-,23?,24-,25+,26-,27+,28?,32?/m0/s1. The Morgan fingerprint density at radius 2 is 1.67 bits per heavy atom. The number of thioether (sulfide) groups is 1. The van der Waals surface area contributed by atoms with Crippen molar-refractivity contribution < 1.29 is 19.5 Å². The van der Waals surface area contributed by atoms with Gasteiger partial charge in [0.25, 0.3) is 0 Å². The number of nitrogens with one attached hydrogen (secondary N) is 2. The largest absolute Gasteiger partial charge is 0.394 e. The molecule has 3 fully saturated rings. The van der Waals surface area contributed by atoms with Crippen LogP contribution in [0.25, 0.3) is 0 Å². The highest BCUT2D eigenvalue weighted by atomic mass is 79.9. The van der Waals surface area contributed by atoms with E-state index in [9.17, 15) is 19.5 Å². The number of amides is 3. The van der Waals surface area contributed by atoms with Crippen molar-refractivity contribution in [3.05, 3.63) is 54.6 Å². The minimum Gasteiger partial charge on any atom is -0.394 e. The quantitative estimate of drug-likeness (QED) is 0.295. The Kier molecular flexibility index (Phi) is 9.25. The summed E-state index contributed by atoms with van der Waals surface area (Å²) in [4.78, 5) is 46.4. The van der Waals surface area contributed by atoms with Crippen molar-refractivity contribution >= 4 is 62.5 Å². The van der Waals surface area contributed by atoms with Crippen molar-refractivity contribution in [3.63, 3.8) is 0 Å². The van der Waals surface area contributed by atoms with Gasteiger partial charge in [-0.15, -0.1) is 11.8 Å². The molecule has 42 heavy (non-hydrogen) atoms. The fourth-order valence-corrected chi connectivity index (χ4v) is 10.7. The van der Waals surface area contributed by atoms with Crippen LogP contribution >= 0.6 is 27.7 Å². The summed E-state index contributed by atoms with van der Waals surface area (Å²) in [5.41, 5.74) is 2.40. The van der Waals surface area contributed by atoms with Gasteiger partial charge in [0.2, 0.25) is 17.7 Å². The molecule has 0 aromatic heterocycles. The van der Waals surface area contributed by atoms with Gasteiger partial charge in [0.05, 0.1) is 29.2 Å². The number of fused-ring (bicyclic) bond motifs is 1. The highest BCUT2D eigenvalue weighted by Gasteiger charge is 2.76. The maximum absolute atomic E-state index is 14.4. The van der Waals surface area contributed by atoms with Crippen LogP contribution in [0.2, 0.25) is 0 Å². The molecule has 2 aromatic carbocycles. The van der Waals surface area contributed by atoms with Gasteiger partial charge in [-0.25, -0.2) is 0 Å². The van der Waals surface area contributed by atoms with Crippen LogP contribution in [-0.2, 0) is 14.4 Å². The van der Waals surface area contributed by atoms with Crippen LogP contribution in [0.3, 0.4) is 0 Å². The summed E-state index contributed by atoms with van der Waals surface area (Å²) in [6.45, 7) is 9.74. The van der Waals surface area contributed by atoms with E-state index in [0.29, 0.717) is 17.8 Å². The molecule has 1 spiro atoms. The highest BCUT2D eigenvalue weighted by Crippen LogP contribution is 2.68. The number of carbonyl (C=O) groups excluding carboxylic acids is 3. The molecule has 8 atom stereocenters. The molecule has 3 amide bonds. The number of para-hydroxylation sites is 1. The third-order valence-corrected chi connectivity index (χ3v) is 12.6. The zero-order valence-electron chi connectivity index (χ0n) is 24.6. The Bertz CT molecular complexity index is 1290. The molecule has 0 aliphatic carbocycles. The van der Waals surface area contributed by atoms with Crippen molar-refractivity contribution in [2.45, 2.75) is 67.4 Å². The third kappa shape index (κ3) is 5.24. The predicted molar refractivity (Wildman–Crippen MR) is 173 cm³/mol. The average molecular weight is 658 g/mol. The summed E-state index contributed by atoms with van der Waals surface area (Å²) in [5, 5.41) is 16.5. The van der Waals surface area contributed by atoms with E-state index < -0.39 is 28.7 Å². The summed E-state index contributed by atoms with van der Waals surface area (Å²) in [7, 11) is 0. The van der Waals surface area contributed by atoms with Gasteiger partial charge in [0, 0.05) is 40.2 Å². The summed E-state index contributed by atoms with van der Waals surface area (Å²) < 4.78 is -0.791. The van der Waals surface area contributed by atoms with Gasteiger partial charge < -0.3 is 25.5 Å². The lowest BCUT2D eigenvalue weighted by atomic mass is 9.70. The molecule has 8 nitrogen and oxygen atoms in total. The highest BCUT2D eigenvalue weighted by molar-refractivity contribution is 9.09. The van der Waals surface area contributed by atoms with Crippen LogP contribution in [-0.4, -0.2) is 74.3 Å². The van der Waals surface area contributed by atoms with Crippen LogP contribution in [0, 0.1) is 17.8 Å². The van der Waals surface area contributed by atoms with E-state index >= 15 is 0 Å². The molecule has 2 aromatic rings. The monoisotopic (exact) mass is 656 g/mol. The maximum atomic E-state index is 14.4. The fourth-order valence-electron chi connectivity index (χ4n) is 7.14. The number of carbonyl (C=O) groups is 3. The smallest absolute Gasteiger partial charge is 0.248 e. The number of hydrogen-bond acceptors (Lipinski definition) is 6. The van der Waals surface area contributed by atoms with E-state index in [0.717, 1.165) is 25.2 Å². The van der Waals surface area contributed by atoms with Crippen LogP contribution in [0.15, 0.2) is 54.6 Å². The molecule has 0 saturated carbocycles. The summed E-state index contributed by atoms with van der Waals surface area (Å²) >= 11 is 5.42. The molecule has 3 heterocycles. The average Bonchev–Trinajstić information content (AvgIpc) is 3.59. The second-order valence-electron chi connectivity index (χ2n) is 11.6. The first-order valence-electron chi connectivity index (χ1n) is 15.0. The summed E-state index contributed by atoms with van der Waals surface area (Å²) in [5.74, 6) is -2.00. The number of rotatable bonds is 11. The Labute approximate surface area is 261 Å². The van der Waals surface area contributed by atoms with Crippen molar-refractivity contribution in [1.29, 1.82) is 0 Å². The first-order chi connectivity index (χ1) is 20.2. The third-order valence-electron chi connectivity index (χ3n) is 9.43. The van der Waals surface area contributed by atoms with Crippen LogP contribution in [0.5, 0.6) is 0 Å². The Morgan fingerprint density at radius 1 is 1.05 bits per heavy atom. The molecule has 5 rings (SSSR count). The Balaban J connectivity index is 1.50. The number of aliphatic hydroxyl groups is 1. The van der Waals surface area contributed by atoms with Gasteiger partial charge in [0.1, 0.15) is 6.04 Å². The minimum atomic E-state index is -0.826. The topological polar surface area (TPSA) is 102 Å². The van der Waals surface area contributed by atoms with Crippen LogP contribution in [0.1, 0.15) is 40.5 Å². The molecule has 0 radical (unpaired) electrons. The zero-order chi connectivity index (χ0) is 30.2. The van der Waals surface area contributed by atoms with Gasteiger partial charge in [-0.1, -0.05) is 54.4 Å². The van der Waals surface area contributed by atoms with E-state index in [1.807, 2.05) is 68.4 Å². The summed E-state index contributed by atoms with van der Waals surface area (Å²) in [6.07, 6.45) is 1.32. The second-order valence-corrected chi connectivity index (χ2v) is 14.3. The van der Waals surface area contributed by atoms with Gasteiger partial charge in [-0.2, -0.15) is 0 Å². The van der Waals surface area contributed by atoms with E-state index in [4.69, 9.17) is 0 Å². The van der Waals surface area contributed by atoms with E-state index in [1.54, 1.807) is 16.7 Å².